The average Bonchev–Trinajstić information content (AvgIpc) is 2.71. The first-order valence-electron chi connectivity index (χ1n) is 4.64. The van der Waals surface area contributed by atoms with Crippen LogP contribution in [-0.4, -0.2) is 9.78 Å². The zero-order valence-electron chi connectivity index (χ0n) is 8.04. The molecule has 1 fully saturated rings. The molecule has 1 aromatic heterocycles. The molecule has 2 heteroatoms. The third-order valence-electron chi connectivity index (χ3n) is 3.17. The van der Waals surface area contributed by atoms with Gasteiger partial charge in [-0.1, -0.05) is 13.8 Å². The monoisotopic (exact) mass is 164 g/mol. The van der Waals surface area contributed by atoms with Crippen molar-refractivity contribution in [2.24, 2.45) is 13.0 Å². The molecule has 1 aliphatic rings. The lowest BCUT2D eigenvalue weighted by atomic mass is 9.87. The van der Waals surface area contributed by atoms with Crippen molar-refractivity contribution in [1.29, 1.82) is 0 Å². The second-order valence-corrected chi connectivity index (χ2v) is 4.21. The molecule has 1 aromatic rings. The van der Waals surface area contributed by atoms with Gasteiger partial charge in [0.15, 0.2) is 0 Å². The molecule has 66 valence electrons. The predicted molar refractivity (Wildman–Crippen MR) is 49.0 cm³/mol. The molecule has 0 bridgehead atoms. The van der Waals surface area contributed by atoms with Gasteiger partial charge in [0.2, 0.25) is 0 Å². The molecule has 0 radical (unpaired) electrons. The molecule has 2 nitrogen and oxygen atoms in total. The Morgan fingerprint density at radius 1 is 1.50 bits per heavy atom. The third kappa shape index (κ3) is 0.977. The fourth-order valence-corrected chi connectivity index (χ4v) is 2.01. The maximum Gasteiger partial charge on any atom is 0.0527 e. The number of hydrogen-bond acceptors (Lipinski definition) is 1. The van der Waals surface area contributed by atoms with Gasteiger partial charge in [0.05, 0.1) is 6.20 Å². The summed E-state index contributed by atoms with van der Waals surface area (Å²) < 4.78 is 1.90. The van der Waals surface area contributed by atoms with Crippen LogP contribution in [0, 0.1) is 5.92 Å². The van der Waals surface area contributed by atoms with Gasteiger partial charge in [-0.15, -0.1) is 0 Å². The molecule has 0 aromatic carbocycles. The smallest absolute Gasteiger partial charge is 0.0527 e. The summed E-state index contributed by atoms with van der Waals surface area (Å²) in [7, 11) is 1.99. The van der Waals surface area contributed by atoms with Crippen LogP contribution in [0.1, 0.15) is 32.3 Å². The summed E-state index contributed by atoms with van der Waals surface area (Å²) in [4.78, 5) is 0. The summed E-state index contributed by atoms with van der Waals surface area (Å²) in [5.74, 6) is 0.752. The second kappa shape index (κ2) is 2.35. The Hall–Kier alpha value is -0.790. The molecule has 0 N–H and O–H groups in total. The molecular weight excluding hydrogens is 148 g/mol. The fraction of sp³-hybridized carbons (Fsp3) is 0.700. The minimum atomic E-state index is 0.480. The van der Waals surface area contributed by atoms with Crippen LogP contribution in [0.2, 0.25) is 0 Å². The zero-order valence-corrected chi connectivity index (χ0v) is 8.04. The van der Waals surface area contributed by atoms with Crippen molar-refractivity contribution in [2.45, 2.75) is 32.1 Å². The summed E-state index contributed by atoms with van der Waals surface area (Å²) in [6, 6.07) is 0. The highest BCUT2D eigenvalue weighted by molar-refractivity contribution is 5.27. The lowest BCUT2D eigenvalue weighted by molar-refractivity contribution is 0.481. The zero-order chi connectivity index (χ0) is 8.77. The van der Waals surface area contributed by atoms with Crippen LogP contribution >= 0.6 is 0 Å². The molecule has 0 atom stereocenters. The molecule has 0 amide bonds. The van der Waals surface area contributed by atoms with E-state index in [9.17, 15) is 0 Å². The number of aryl methyl sites for hydroxylation is 1. The van der Waals surface area contributed by atoms with Crippen LogP contribution in [0.4, 0.5) is 0 Å². The van der Waals surface area contributed by atoms with Gasteiger partial charge in [-0.2, -0.15) is 5.10 Å². The maximum absolute atomic E-state index is 4.22. The van der Waals surface area contributed by atoms with Crippen molar-refractivity contribution >= 4 is 0 Å². The van der Waals surface area contributed by atoms with E-state index in [1.807, 2.05) is 17.9 Å². The van der Waals surface area contributed by atoms with Gasteiger partial charge in [0.25, 0.3) is 0 Å². The molecule has 12 heavy (non-hydrogen) atoms. The predicted octanol–water partition coefficient (Wildman–Crippen LogP) is 2.11. The molecule has 1 aliphatic carbocycles. The van der Waals surface area contributed by atoms with Crippen LogP contribution in [0.3, 0.4) is 0 Å². The van der Waals surface area contributed by atoms with E-state index in [1.54, 1.807) is 0 Å². The highest BCUT2D eigenvalue weighted by Gasteiger charge is 2.47. The Morgan fingerprint density at radius 3 is 2.50 bits per heavy atom. The van der Waals surface area contributed by atoms with E-state index >= 15 is 0 Å². The van der Waals surface area contributed by atoms with Crippen molar-refractivity contribution < 1.29 is 0 Å². The molecule has 0 unspecified atom stereocenters. The van der Waals surface area contributed by atoms with Crippen molar-refractivity contribution in [1.82, 2.24) is 9.78 Å². The Balaban J connectivity index is 2.30. The van der Waals surface area contributed by atoms with Gasteiger partial charge >= 0.3 is 0 Å². The van der Waals surface area contributed by atoms with E-state index in [0.717, 1.165) is 5.92 Å². The van der Waals surface area contributed by atoms with Gasteiger partial charge in [0, 0.05) is 18.7 Å². The molecule has 0 spiro atoms. The molecule has 0 aliphatic heterocycles. The number of rotatable bonds is 2. The normalized spacial score (nSPS) is 20.0. The maximum atomic E-state index is 4.22. The SMILES string of the molecule is CC(C)C1(c2cnn(C)c2)CC1. The molecule has 0 saturated heterocycles. The van der Waals surface area contributed by atoms with Crippen LogP contribution in [0.25, 0.3) is 0 Å². The van der Waals surface area contributed by atoms with E-state index in [1.165, 1.54) is 18.4 Å². The molecular formula is C10H16N2. The van der Waals surface area contributed by atoms with E-state index < -0.39 is 0 Å². The highest BCUT2D eigenvalue weighted by atomic mass is 15.2. The first-order chi connectivity index (χ1) is 5.65. The van der Waals surface area contributed by atoms with Gasteiger partial charge in [-0.05, 0) is 24.3 Å². The minimum Gasteiger partial charge on any atom is -0.276 e. The number of nitrogens with zero attached hydrogens (tertiary/aromatic N) is 2. The van der Waals surface area contributed by atoms with E-state index in [4.69, 9.17) is 0 Å². The van der Waals surface area contributed by atoms with Gasteiger partial charge in [0.1, 0.15) is 0 Å². The van der Waals surface area contributed by atoms with Crippen LogP contribution in [0.15, 0.2) is 12.4 Å². The largest absolute Gasteiger partial charge is 0.276 e. The molecule has 1 saturated carbocycles. The summed E-state index contributed by atoms with van der Waals surface area (Å²) in [6.45, 7) is 4.61. The molecule has 1 heterocycles. The van der Waals surface area contributed by atoms with Crippen LogP contribution in [0.5, 0.6) is 0 Å². The lowest BCUT2D eigenvalue weighted by Crippen LogP contribution is -2.13. The first-order valence-corrected chi connectivity index (χ1v) is 4.64. The Kier molecular flexibility index (Phi) is 1.53. The fourth-order valence-electron chi connectivity index (χ4n) is 2.01. The topological polar surface area (TPSA) is 17.8 Å². The minimum absolute atomic E-state index is 0.480. The summed E-state index contributed by atoms with van der Waals surface area (Å²) in [5.41, 5.74) is 1.91. The summed E-state index contributed by atoms with van der Waals surface area (Å²) >= 11 is 0. The van der Waals surface area contributed by atoms with Crippen LogP contribution in [-0.2, 0) is 12.5 Å². The van der Waals surface area contributed by atoms with E-state index in [-0.39, 0.29) is 0 Å². The van der Waals surface area contributed by atoms with Crippen molar-refractivity contribution in [3.05, 3.63) is 18.0 Å². The third-order valence-corrected chi connectivity index (χ3v) is 3.17. The lowest BCUT2D eigenvalue weighted by Gasteiger charge is -2.17. The first kappa shape index (κ1) is 7.84. The van der Waals surface area contributed by atoms with E-state index in [2.05, 4.69) is 25.1 Å². The van der Waals surface area contributed by atoms with E-state index in [0.29, 0.717) is 5.41 Å². The van der Waals surface area contributed by atoms with Gasteiger partial charge < -0.3 is 0 Å². The van der Waals surface area contributed by atoms with Crippen molar-refractivity contribution in [3.8, 4) is 0 Å². The number of aromatic nitrogens is 2. The second-order valence-electron chi connectivity index (χ2n) is 4.21. The highest BCUT2D eigenvalue weighted by Crippen LogP contribution is 2.53. The number of hydrogen-bond donors (Lipinski definition) is 0. The standard InChI is InChI=1S/C10H16N2/c1-8(2)10(4-5-10)9-6-11-12(3)7-9/h6-8H,4-5H2,1-3H3. The summed E-state index contributed by atoms with van der Waals surface area (Å²) in [5, 5.41) is 4.22. The van der Waals surface area contributed by atoms with Crippen molar-refractivity contribution in [2.75, 3.05) is 0 Å². The van der Waals surface area contributed by atoms with Gasteiger partial charge in [-0.25, -0.2) is 0 Å². The van der Waals surface area contributed by atoms with Crippen molar-refractivity contribution in [3.63, 3.8) is 0 Å². The van der Waals surface area contributed by atoms with Gasteiger partial charge in [-0.3, -0.25) is 4.68 Å². The quantitative estimate of drug-likeness (QED) is 0.654. The average molecular weight is 164 g/mol. The Bertz CT molecular complexity index is 282. The Labute approximate surface area is 73.6 Å². The molecule has 2 rings (SSSR count). The van der Waals surface area contributed by atoms with Crippen LogP contribution < -0.4 is 0 Å². The summed E-state index contributed by atoms with van der Waals surface area (Å²) in [6.07, 6.45) is 6.87. The Morgan fingerprint density at radius 2 is 2.17 bits per heavy atom.